The zero-order chi connectivity index (χ0) is 27.8. The Hall–Kier alpha value is -3.89. The summed E-state index contributed by atoms with van der Waals surface area (Å²) in [5.41, 5.74) is 12.2. The zero-order valence-electron chi connectivity index (χ0n) is 23.9. The second-order valence-corrected chi connectivity index (χ2v) is 10.5. The molecule has 5 aromatic rings. The molecule has 1 aliphatic heterocycles. The van der Waals surface area contributed by atoms with Crippen LogP contribution in [0.5, 0.6) is 0 Å². The van der Waals surface area contributed by atoms with E-state index >= 15 is 0 Å². The van der Waals surface area contributed by atoms with Crippen molar-refractivity contribution >= 4 is 35.1 Å². The van der Waals surface area contributed by atoms with Gasteiger partial charge in [0.2, 0.25) is 0 Å². The van der Waals surface area contributed by atoms with Crippen molar-refractivity contribution in [1.82, 2.24) is 14.7 Å². The molecule has 6 rings (SSSR count). The van der Waals surface area contributed by atoms with E-state index in [1.165, 1.54) is 22.2 Å². The molecule has 0 N–H and O–H groups in total. The van der Waals surface area contributed by atoms with Crippen LogP contribution in [0.4, 0.5) is 5.69 Å². The van der Waals surface area contributed by atoms with Crippen molar-refractivity contribution < 1.29 is 21.1 Å². The molecule has 0 fully saturated rings. The fourth-order valence-corrected chi connectivity index (χ4v) is 5.68. The van der Waals surface area contributed by atoms with Crippen molar-refractivity contribution in [1.29, 1.82) is 0 Å². The molecule has 1 aromatic heterocycles. The summed E-state index contributed by atoms with van der Waals surface area (Å²) in [6.07, 6.45) is 1.79. The predicted octanol–water partition coefficient (Wildman–Crippen LogP) is 4.61. The maximum Gasteiger partial charge on any atom is 0.198 e. The molecule has 4 aromatic carbocycles. The van der Waals surface area contributed by atoms with E-state index < -0.39 is 0 Å². The first-order valence-corrected chi connectivity index (χ1v) is 13.5. The van der Waals surface area contributed by atoms with Gasteiger partial charge in [-0.2, -0.15) is 34.2 Å². The first kappa shape index (κ1) is 28.6. The van der Waals surface area contributed by atoms with Gasteiger partial charge in [0.1, 0.15) is 0 Å². The van der Waals surface area contributed by atoms with Gasteiger partial charge in [0, 0.05) is 33.8 Å². The molecule has 0 spiro atoms. The second kappa shape index (κ2) is 11.9. The molecule has 1 aliphatic rings. The Balaban J connectivity index is 0.00000337. The Morgan fingerprint density at radius 2 is 1.46 bits per heavy atom. The van der Waals surface area contributed by atoms with Crippen molar-refractivity contribution in [2.75, 3.05) is 12.1 Å². The summed E-state index contributed by atoms with van der Waals surface area (Å²) in [6.45, 7) is 8.46. The first-order chi connectivity index (χ1) is 19.4. The quantitative estimate of drug-likeness (QED) is 0.191. The van der Waals surface area contributed by atoms with Crippen LogP contribution in [0.15, 0.2) is 90.0 Å². The monoisotopic (exact) mass is 715 g/mol. The number of aromatic nitrogens is 2. The SMILES string of the molecule is Cc1cc(C)c(B(c2[c-]c(-c3cc(-c4ccccc4)n(C)n3)ccc2)c2[c-]c(N3[CH-]N(C)C=N3)ccc2)c(C)c1.[Pt]. The van der Waals surface area contributed by atoms with E-state index in [1.54, 1.807) is 6.34 Å². The van der Waals surface area contributed by atoms with Gasteiger partial charge in [-0.25, -0.2) is 5.10 Å². The molecule has 41 heavy (non-hydrogen) atoms. The average molecular weight is 716 g/mol. The van der Waals surface area contributed by atoms with Crippen molar-refractivity contribution in [2.45, 2.75) is 20.8 Å². The van der Waals surface area contributed by atoms with Crippen LogP contribution < -0.4 is 21.4 Å². The molecule has 0 unspecified atom stereocenters. The van der Waals surface area contributed by atoms with E-state index in [-0.39, 0.29) is 27.8 Å². The van der Waals surface area contributed by atoms with Crippen molar-refractivity contribution in [3.05, 3.63) is 120 Å². The molecule has 208 valence electrons. The number of hydrazone groups is 1. The van der Waals surface area contributed by atoms with Gasteiger partial charge in [-0.1, -0.05) is 76.4 Å². The number of hydrogen-bond donors (Lipinski definition) is 0. The Kier molecular flexibility index (Phi) is 8.33. The van der Waals surface area contributed by atoms with E-state index in [0.717, 1.165) is 39.1 Å². The Morgan fingerprint density at radius 3 is 2.15 bits per heavy atom. The molecule has 0 atom stereocenters. The van der Waals surface area contributed by atoms with Crippen LogP contribution >= 0.6 is 0 Å². The number of anilines is 1. The molecule has 0 aliphatic carbocycles. The summed E-state index contributed by atoms with van der Waals surface area (Å²) in [4.78, 5) is 1.93. The minimum atomic E-state index is -0.0536. The fraction of sp³-hybridized carbons (Fsp3) is 0.147. The topological polar surface area (TPSA) is 36.7 Å². The second-order valence-electron chi connectivity index (χ2n) is 10.5. The van der Waals surface area contributed by atoms with Crippen molar-refractivity contribution in [2.24, 2.45) is 12.1 Å². The average Bonchev–Trinajstić information content (AvgIpc) is 3.57. The van der Waals surface area contributed by atoms with Gasteiger partial charge in [0.15, 0.2) is 6.71 Å². The van der Waals surface area contributed by atoms with Gasteiger partial charge in [-0.05, 0) is 33.4 Å². The van der Waals surface area contributed by atoms with Gasteiger partial charge < -0.3 is 9.91 Å². The maximum atomic E-state index is 4.87. The molecule has 0 amide bonds. The van der Waals surface area contributed by atoms with E-state index in [0.29, 0.717) is 0 Å². The minimum Gasteiger partial charge on any atom is -0.493 e. The fourth-order valence-electron chi connectivity index (χ4n) is 5.68. The number of aryl methyl sites for hydroxylation is 4. The molecule has 0 saturated heterocycles. The van der Waals surface area contributed by atoms with Crippen LogP contribution in [-0.2, 0) is 28.1 Å². The molecular weight excluding hydrogens is 684 g/mol. The van der Waals surface area contributed by atoms with Gasteiger partial charge in [-0.15, -0.1) is 42.6 Å². The van der Waals surface area contributed by atoms with Gasteiger partial charge in [-0.3, -0.25) is 4.68 Å². The Labute approximate surface area is 257 Å². The number of rotatable bonds is 6. The molecule has 0 bridgehead atoms. The number of nitrogens with zero attached hydrogens (tertiary/aromatic N) is 5. The largest absolute Gasteiger partial charge is 0.493 e. The van der Waals surface area contributed by atoms with E-state index in [4.69, 9.17) is 5.10 Å². The third-order valence-electron chi connectivity index (χ3n) is 7.39. The summed E-state index contributed by atoms with van der Waals surface area (Å²) < 4.78 is 1.94. The van der Waals surface area contributed by atoms with Crippen LogP contribution in [0.25, 0.3) is 22.5 Å². The van der Waals surface area contributed by atoms with Crippen LogP contribution in [0, 0.1) is 39.6 Å². The minimum absolute atomic E-state index is 0. The first-order valence-electron chi connectivity index (χ1n) is 13.5. The van der Waals surface area contributed by atoms with Crippen LogP contribution in [0.1, 0.15) is 16.7 Å². The third kappa shape index (κ3) is 5.80. The maximum absolute atomic E-state index is 4.87. The summed E-state index contributed by atoms with van der Waals surface area (Å²) in [6, 6.07) is 37.2. The van der Waals surface area contributed by atoms with Gasteiger partial charge >= 0.3 is 0 Å². The summed E-state index contributed by atoms with van der Waals surface area (Å²) in [5.74, 6) is 0. The Bertz CT molecular complexity index is 1690. The van der Waals surface area contributed by atoms with Crippen molar-refractivity contribution in [3.63, 3.8) is 0 Å². The van der Waals surface area contributed by atoms with Gasteiger partial charge in [0.05, 0.1) is 12.0 Å². The Morgan fingerprint density at radius 1 is 0.780 bits per heavy atom. The number of hydrogen-bond acceptors (Lipinski definition) is 4. The molecule has 0 radical (unpaired) electrons. The van der Waals surface area contributed by atoms with Gasteiger partial charge in [0.25, 0.3) is 0 Å². The smallest absolute Gasteiger partial charge is 0.198 e. The van der Waals surface area contributed by atoms with Crippen molar-refractivity contribution in [3.8, 4) is 22.5 Å². The predicted molar refractivity (Wildman–Crippen MR) is 167 cm³/mol. The van der Waals surface area contributed by atoms with E-state index in [9.17, 15) is 0 Å². The molecule has 7 heteroatoms. The molecule has 0 saturated carbocycles. The number of benzene rings is 4. The molecule has 5 nitrogen and oxygen atoms in total. The summed E-state index contributed by atoms with van der Waals surface area (Å²) in [5, 5.41) is 11.2. The zero-order valence-corrected chi connectivity index (χ0v) is 26.1. The standard InChI is InChI=1S/C34H31BN5.Pt/c1-24-17-25(2)34(26(3)18-24)35(30-15-10-16-31(20-30)40-23-38(4)22-36-40)29-14-9-13-28(19-29)32-21-33(39(5)37-32)27-11-7-6-8-12-27;/h6-18,21-23H,1-5H3;/q-3;. The van der Waals surface area contributed by atoms with Crippen LogP contribution in [-0.4, -0.2) is 34.8 Å². The van der Waals surface area contributed by atoms with Crippen LogP contribution in [0.2, 0.25) is 0 Å². The summed E-state index contributed by atoms with van der Waals surface area (Å²) >= 11 is 0. The molecule has 2 heterocycles. The van der Waals surface area contributed by atoms with E-state index in [2.05, 4.69) is 111 Å². The third-order valence-corrected chi connectivity index (χ3v) is 7.39. The summed E-state index contributed by atoms with van der Waals surface area (Å²) in [7, 11) is 3.96. The van der Waals surface area contributed by atoms with E-state index in [1.807, 2.05) is 47.5 Å². The van der Waals surface area contributed by atoms with Crippen LogP contribution in [0.3, 0.4) is 0 Å². The molecular formula is C34H31BN5Pt-3. The normalized spacial score (nSPS) is 12.5.